The number of nitrogens with zero attached hydrogens (tertiary/aromatic N) is 2. The van der Waals surface area contributed by atoms with E-state index in [0.29, 0.717) is 29.4 Å². The summed E-state index contributed by atoms with van der Waals surface area (Å²) in [4.78, 5) is 18.9. The van der Waals surface area contributed by atoms with Gasteiger partial charge in [0, 0.05) is 25.8 Å². The van der Waals surface area contributed by atoms with Crippen LogP contribution in [-0.2, 0) is 6.54 Å². The molecule has 2 rings (SSSR count). The van der Waals surface area contributed by atoms with E-state index in [1.165, 1.54) is 18.3 Å². The quantitative estimate of drug-likeness (QED) is 0.876. The van der Waals surface area contributed by atoms with Crippen LogP contribution in [0.3, 0.4) is 0 Å². The topological polar surface area (TPSA) is 39.3 Å². The molecule has 0 bridgehead atoms. The van der Waals surface area contributed by atoms with E-state index < -0.39 is 11.6 Å². The van der Waals surface area contributed by atoms with Crippen molar-refractivity contribution in [2.45, 2.75) is 6.54 Å². The lowest BCUT2D eigenvalue weighted by atomic mass is 10.2. The maximum Gasteiger partial charge on any atom is 0.270 e. The third kappa shape index (κ3) is 4.77. The monoisotopic (exact) mass is 341 g/mol. The van der Waals surface area contributed by atoms with E-state index in [9.17, 15) is 13.6 Å². The lowest BCUT2D eigenvalue weighted by Gasteiger charge is -2.24. The summed E-state index contributed by atoms with van der Waals surface area (Å²) in [5.41, 5.74) is 0.880. The van der Waals surface area contributed by atoms with Crippen molar-refractivity contribution in [2.24, 2.45) is 0 Å². The van der Waals surface area contributed by atoms with Crippen LogP contribution in [0.15, 0.2) is 30.5 Å². The van der Waals surface area contributed by atoms with Gasteiger partial charge in [-0.2, -0.15) is 0 Å². The van der Waals surface area contributed by atoms with Crippen molar-refractivity contribution in [1.82, 2.24) is 14.8 Å². The average molecular weight is 342 g/mol. The molecular formula is C16H18ClF2N3O. The molecule has 7 heteroatoms. The van der Waals surface area contributed by atoms with Crippen molar-refractivity contribution in [3.05, 3.63) is 58.4 Å². The van der Waals surface area contributed by atoms with Crippen LogP contribution in [0.2, 0.25) is 5.02 Å². The summed E-state index contributed by atoms with van der Waals surface area (Å²) in [6, 6.07) is 5.17. The highest BCUT2D eigenvalue weighted by Crippen LogP contribution is 2.15. The van der Waals surface area contributed by atoms with Crippen LogP contribution < -0.4 is 0 Å². The Bertz CT molecular complexity index is 688. The molecule has 1 aromatic carbocycles. The summed E-state index contributed by atoms with van der Waals surface area (Å²) in [5, 5.41) is 0.439. The van der Waals surface area contributed by atoms with E-state index in [4.69, 9.17) is 11.6 Å². The normalized spacial score (nSPS) is 11.0. The maximum absolute atomic E-state index is 13.4. The minimum absolute atomic E-state index is 0.181. The summed E-state index contributed by atoms with van der Waals surface area (Å²) in [6.45, 7) is 1.27. The fourth-order valence-electron chi connectivity index (χ4n) is 2.09. The summed E-state index contributed by atoms with van der Waals surface area (Å²) in [7, 11) is 3.79. The van der Waals surface area contributed by atoms with Crippen molar-refractivity contribution in [2.75, 3.05) is 27.2 Å². The van der Waals surface area contributed by atoms with E-state index in [-0.39, 0.29) is 12.5 Å². The maximum atomic E-state index is 13.4. The number of carbonyl (C=O) groups excluding carboxylic acids is 1. The van der Waals surface area contributed by atoms with Gasteiger partial charge in [0.2, 0.25) is 0 Å². The SMILES string of the molecule is CN(C)CCN(Cc1ccc(F)c(F)c1)C(=O)c1cc(Cl)c[nH]1. The minimum Gasteiger partial charge on any atom is -0.356 e. The first-order valence-corrected chi connectivity index (χ1v) is 7.46. The molecule has 0 fully saturated rings. The Morgan fingerprint density at radius 2 is 1.91 bits per heavy atom. The zero-order valence-electron chi connectivity index (χ0n) is 12.9. The van der Waals surface area contributed by atoms with Gasteiger partial charge in [-0.25, -0.2) is 8.78 Å². The van der Waals surface area contributed by atoms with Crippen molar-refractivity contribution in [3.8, 4) is 0 Å². The highest BCUT2D eigenvalue weighted by molar-refractivity contribution is 6.30. The largest absolute Gasteiger partial charge is 0.356 e. The molecule has 0 radical (unpaired) electrons. The number of H-pyrrole nitrogens is 1. The van der Waals surface area contributed by atoms with Crippen molar-refractivity contribution >= 4 is 17.5 Å². The number of rotatable bonds is 6. The number of benzene rings is 1. The van der Waals surface area contributed by atoms with Gasteiger partial charge in [-0.15, -0.1) is 0 Å². The van der Waals surface area contributed by atoms with Crippen LogP contribution in [0.25, 0.3) is 0 Å². The van der Waals surface area contributed by atoms with Crippen LogP contribution in [0, 0.1) is 11.6 Å². The number of aromatic amines is 1. The van der Waals surface area contributed by atoms with Crippen molar-refractivity contribution in [1.29, 1.82) is 0 Å². The molecule has 0 aliphatic carbocycles. The second-order valence-electron chi connectivity index (χ2n) is 5.51. The summed E-state index contributed by atoms with van der Waals surface area (Å²) in [5.74, 6) is -2.08. The Balaban J connectivity index is 2.19. The highest BCUT2D eigenvalue weighted by atomic mass is 35.5. The van der Waals surface area contributed by atoms with Crippen LogP contribution in [0.5, 0.6) is 0 Å². The molecule has 4 nitrogen and oxygen atoms in total. The number of carbonyl (C=O) groups is 1. The molecule has 2 aromatic rings. The first-order chi connectivity index (χ1) is 10.9. The van der Waals surface area contributed by atoms with Gasteiger partial charge in [0.05, 0.1) is 5.02 Å². The lowest BCUT2D eigenvalue weighted by Crippen LogP contribution is -2.36. The van der Waals surface area contributed by atoms with Crippen molar-refractivity contribution < 1.29 is 13.6 Å². The van der Waals surface area contributed by atoms with Crippen LogP contribution >= 0.6 is 11.6 Å². The molecular weight excluding hydrogens is 324 g/mol. The fourth-order valence-corrected chi connectivity index (χ4v) is 2.26. The van der Waals surface area contributed by atoms with E-state index in [1.807, 2.05) is 19.0 Å². The summed E-state index contributed by atoms with van der Waals surface area (Å²) in [6.07, 6.45) is 1.52. The van der Waals surface area contributed by atoms with Gasteiger partial charge in [0.25, 0.3) is 5.91 Å². The molecule has 124 valence electrons. The molecule has 1 heterocycles. The van der Waals surface area contributed by atoms with Gasteiger partial charge in [0.15, 0.2) is 11.6 Å². The first-order valence-electron chi connectivity index (χ1n) is 7.08. The van der Waals surface area contributed by atoms with Gasteiger partial charge in [-0.1, -0.05) is 17.7 Å². The molecule has 0 unspecified atom stereocenters. The van der Waals surface area contributed by atoms with Gasteiger partial charge >= 0.3 is 0 Å². The summed E-state index contributed by atoms with van der Waals surface area (Å²) < 4.78 is 26.4. The zero-order chi connectivity index (χ0) is 17.0. The average Bonchev–Trinajstić information content (AvgIpc) is 2.92. The molecule has 0 atom stereocenters. The van der Waals surface area contributed by atoms with Gasteiger partial charge in [0.1, 0.15) is 5.69 Å². The molecule has 23 heavy (non-hydrogen) atoms. The third-order valence-electron chi connectivity index (χ3n) is 3.34. The Morgan fingerprint density at radius 1 is 1.17 bits per heavy atom. The number of likely N-dealkylation sites (N-methyl/N-ethyl adjacent to an activating group) is 1. The molecule has 1 aromatic heterocycles. The fraction of sp³-hybridized carbons (Fsp3) is 0.312. The Morgan fingerprint density at radius 3 is 2.48 bits per heavy atom. The standard InChI is InChI=1S/C16H18ClF2N3O/c1-21(2)5-6-22(16(23)15-8-12(17)9-20-15)10-11-3-4-13(18)14(19)7-11/h3-4,7-9,20H,5-6,10H2,1-2H3. The minimum atomic E-state index is -0.926. The lowest BCUT2D eigenvalue weighted by molar-refractivity contribution is 0.0726. The Labute approximate surface area is 138 Å². The number of aromatic nitrogens is 1. The molecule has 0 saturated carbocycles. The number of hydrogen-bond donors (Lipinski definition) is 1. The third-order valence-corrected chi connectivity index (χ3v) is 3.56. The predicted octanol–water partition coefficient (Wildman–Crippen LogP) is 3.15. The molecule has 1 amide bonds. The summed E-state index contributed by atoms with van der Waals surface area (Å²) >= 11 is 5.83. The van der Waals surface area contributed by atoms with E-state index in [0.717, 1.165) is 12.1 Å². The van der Waals surface area contributed by atoms with E-state index in [1.54, 1.807) is 4.90 Å². The molecule has 0 aliphatic heterocycles. The number of halogens is 3. The Hall–Kier alpha value is -1.92. The molecule has 0 spiro atoms. The predicted molar refractivity (Wildman–Crippen MR) is 85.5 cm³/mol. The van der Waals surface area contributed by atoms with Gasteiger partial charge < -0.3 is 14.8 Å². The molecule has 0 aliphatic rings. The van der Waals surface area contributed by atoms with Gasteiger partial charge in [-0.05, 0) is 37.9 Å². The smallest absolute Gasteiger partial charge is 0.270 e. The first kappa shape index (κ1) is 17.4. The number of hydrogen-bond acceptors (Lipinski definition) is 2. The van der Waals surface area contributed by atoms with Gasteiger partial charge in [-0.3, -0.25) is 4.79 Å². The highest BCUT2D eigenvalue weighted by Gasteiger charge is 2.18. The molecule has 1 N–H and O–H groups in total. The number of nitrogens with one attached hydrogen (secondary N) is 1. The van der Waals surface area contributed by atoms with Crippen molar-refractivity contribution in [3.63, 3.8) is 0 Å². The second-order valence-corrected chi connectivity index (χ2v) is 5.95. The Kier molecular flexibility index (Phi) is 5.74. The van der Waals surface area contributed by atoms with Crippen LogP contribution in [0.4, 0.5) is 8.78 Å². The number of amides is 1. The molecule has 0 saturated heterocycles. The van der Waals surface area contributed by atoms with Crippen LogP contribution in [0.1, 0.15) is 16.1 Å². The zero-order valence-corrected chi connectivity index (χ0v) is 13.7. The second kappa shape index (κ2) is 7.57. The van der Waals surface area contributed by atoms with E-state index in [2.05, 4.69) is 4.98 Å². The van der Waals surface area contributed by atoms with E-state index >= 15 is 0 Å². The van der Waals surface area contributed by atoms with Crippen LogP contribution in [-0.4, -0.2) is 47.9 Å².